The van der Waals surface area contributed by atoms with Gasteiger partial charge in [0.2, 0.25) is 5.95 Å². The predicted octanol–water partition coefficient (Wildman–Crippen LogP) is 4.17. The van der Waals surface area contributed by atoms with E-state index in [1.165, 1.54) is 0 Å². The third kappa shape index (κ3) is 5.13. The fourth-order valence-corrected chi connectivity index (χ4v) is 5.45. The molecule has 0 bridgehead atoms. The highest BCUT2D eigenvalue weighted by molar-refractivity contribution is 6.33. The summed E-state index contributed by atoms with van der Waals surface area (Å²) in [6, 6.07) is 8.36. The molecule has 1 aromatic carbocycles. The number of aliphatic hydroxyl groups is 1. The molecule has 8 heteroatoms. The van der Waals surface area contributed by atoms with Gasteiger partial charge in [0.15, 0.2) is 0 Å². The average Bonchev–Trinajstić information content (AvgIpc) is 3.27. The fraction of sp³-hybridized carbons (Fsp3) is 0.462. The number of benzene rings is 1. The number of halogens is 1. The highest BCUT2D eigenvalue weighted by Gasteiger charge is 2.35. The maximum absolute atomic E-state index is 11.2. The Hall–Kier alpha value is -2.45. The first-order valence-electron chi connectivity index (χ1n) is 12.2. The molecule has 3 N–H and O–H groups in total. The van der Waals surface area contributed by atoms with Crippen LogP contribution in [-0.2, 0) is 0 Å². The van der Waals surface area contributed by atoms with Gasteiger partial charge in [-0.25, -0.2) is 9.97 Å². The number of para-hydroxylation sites is 1. The van der Waals surface area contributed by atoms with E-state index in [1.54, 1.807) is 6.20 Å². The lowest BCUT2D eigenvalue weighted by molar-refractivity contribution is -0.0366. The summed E-state index contributed by atoms with van der Waals surface area (Å²) in [4.78, 5) is 17.3. The van der Waals surface area contributed by atoms with Gasteiger partial charge in [-0.15, -0.1) is 6.58 Å². The van der Waals surface area contributed by atoms with Crippen molar-refractivity contribution in [3.63, 3.8) is 0 Å². The van der Waals surface area contributed by atoms with E-state index < -0.39 is 5.60 Å². The van der Waals surface area contributed by atoms with Crippen LogP contribution in [-0.4, -0.2) is 80.8 Å². The summed E-state index contributed by atoms with van der Waals surface area (Å²) in [6.45, 7) is 9.63. The van der Waals surface area contributed by atoms with E-state index in [-0.39, 0.29) is 6.04 Å². The van der Waals surface area contributed by atoms with Gasteiger partial charge in [0.25, 0.3) is 0 Å². The first-order chi connectivity index (χ1) is 16.5. The number of nitrogens with zero attached hydrogens (tertiary/aromatic N) is 4. The summed E-state index contributed by atoms with van der Waals surface area (Å²) >= 11 is 6.48. The molecule has 5 rings (SSSR count). The monoisotopic (exact) mass is 480 g/mol. The highest BCUT2D eigenvalue weighted by atomic mass is 35.5. The molecule has 3 aromatic rings. The SMILES string of the molecule is C=CCN1CCN(CC2(O)CCC(Nc3ncc(Cl)c(-c4c[nH]c5ccccc45)n3)CC2)CC1. The van der Waals surface area contributed by atoms with Crippen molar-refractivity contribution in [2.45, 2.75) is 37.3 Å². The first kappa shape index (κ1) is 23.3. The third-order valence-electron chi connectivity index (χ3n) is 7.21. The van der Waals surface area contributed by atoms with Crippen LogP contribution in [0.25, 0.3) is 22.2 Å². The van der Waals surface area contributed by atoms with Crippen molar-refractivity contribution >= 4 is 28.5 Å². The molecule has 1 aliphatic carbocycles. The molecule has 1 saturated heterocycles. The molecule has 0 amide bonds. The summed E-state index contributed by atoms with van der Waals surface area (Å²) in [5, 5.41) is 16.3. The number of nitrogens with one attached hydrogen (secondary N) is 2. The Morgan fingerprint density at radius 3 is 2.68 bits per heavy atom. The topological polar surface area (TPSA) is 80.3 Å². The Labute approximate surface area is 205 Å². The van der Waals surface area contributed by atoms with Gasteiger partial charge < -0.3 is 15.4 Å². The number of fused-ring (bicyclic) bond motifs is 1. The van der Waals surface area contributed by atoms with E-state index in [2.05, 4.69) is 37.7 Å². The van der Waals surface area contributed by atoms with E-state index in [4.69, 9.17) is 16.6 Å². The fourth-order valence-electron chi connectivity index (χ4n) is 5.26. The van der Waals surface area contributed by atoms with Crippen LogP contribution in [0.15, 0.2) is 49.3 Å². The molecular formula is C26H33ClN6O. The molecule has 2 fully saturated rings. The number of H-pyrrole nitrogens is 1. The number of hydrogen-bond acceptors (Lipinski definition) is 6. The summed E-state index contributed by atoms with van der Waals surface area (Å²) in [6.07, 6.45) is 8.91. The Balaban J connectivity index is 1.19. The molecule has 2 aliphatic rings. The molecule has 0 radical (unpaired) electrons. The van der Waals surface area contributed by atoms with E-state index in [9.17, 15) is 5.11 Å². The predicted molar refractivity (Wildman–Crippen MR) is 138 cm³/mol. The molecule has 180 valence electrons. The minimum absolute atomic E-state index is 0.238. The lowest BCUT2D eigenvalue weighted by Gasteiger charge is -2.42. The van der Waals surface area contributed by atoms with Crippen molar-refractivity contribution in [2.24, 2.45) is 0 Å². The van der Waals surface area contributed by atoms with Crippen LogP contribution in [0.4, 0.5) is 5.95 Å². The molecule has 2 aromatic heterocycles. The van der Waals surface area contributed by atoms with Crippen LogP contribution < -0.4 is 5.32 Å². The number of piperazine rings is 1. The second kappa shape index (κ2) is 10.0. The van der Waals surface area contributed by atoms with Gasteiger partial charge in [0.05, 0.1) is 22.5 Å². The number of anilines is 1. The van der Waals surface area contributed by atoms with Gasteiger partial charge in [0, 0.05) is 68.0 Å². The lowest BCUT2D eigenvalue weighted by atomic mass is 9.81. The Morgan fingerprint density at radius 2 is 1.91 bits per heavy atom. The van der Waals surface area contributed by atoms with Gasteiger partial charge in [-0.05, 0) is 31.7 Å². The normalized spacial score (nSPS) is 24.4. The van der Waals surface area contributed by atoms with Crippen LogP contribution in [0.1, 0.15) is 25.7 Å². The van der Waals surface area contributed by atoms with Gasteiger partial charge >= 0.3 is 0 Å². The minimum atomic E-state index is -0.616. The zero-order chi connectivity index (χ0) is 23.5. The van der Waals surface area contributed by atoms with E-state index in [0.717, 1.165) is 87.1 Å². The second-order valence-electron chi connectivity index (χ2n) is 9.65. The Kier molecular flexibility index (Phi) is 6.88. The van der Waals surface area contributed by atoms with Crippen LogP contribution in [0, 0.1) is 0 Å². The number of β-amino-alcohol motifs (C(OH)–C–C–N with tert-alkyl or cyclic N) is 1. The van der Waals surface area contributed by atoms with E-state index >= 15 is 0 Å². The zero-order valence-corrected chi connectivity index (χ0v) is 20.3. The maximum Gasteiger partial charge on any atom is 0.223 e. The summed E-state index contributed by atoms with van der Waals surface area (Å²) in [5.41, 5.74) is 2.13. The molecule has 7 nitrogen and oxygen atoms in total. The van der Waals surface area contributed by atoms with Crippen molar-refractivity contribution in [1.29, 1.82) is 0 Å². The molecule has 3 heterocycles. The molecule has 0 atom stereocenters. The highest BCUT2D eigenvalue weighted by Crippen LogP contribution is 2.34. The lowest BCUT2D eigenvalue weighted by Crippen LogP contribution is -2.53. The van der Waals surface area contributed by atoms with Crippen molar-refractivity contribution in [2.75, 3.05) is 44.6 Å². The summed E-state index contributed by atoms with van der Waals surface area (Å²) in [5.74, 6) is 0.582. The van der Waals surface area contributed by atoms with Crippen molar-refractivity contribution in [3.8, 4) is 11.3 Å². The molecule has 0 spiro atoms. The molecule has 1 aliphatic heterocycles. The largest absolute Gasteiger partial charge is 0.389 e. The molecule has 1 saturated carbocycles. The summed E-state index contributed by atoms with van der Waals surface area (Å²) < 4.78 is 0. The quantitative estimate of drug-likeness (QED) is 0.440. The van der Waals surface area contributed by atoms with Gasteiger partial charge in [-0.1, -0.05) is 35.9 Å². The van der Waals surface area contributed by atoms with Crippen molar-refractivity contribution in [3.05, 3.63) is 54.3 Å². The molecule has 34 heavy (non-hydrogen) atoms. The van der Waals surface area contributed by atoms with Gasteiger partial charge in [-0.2, -0.15) is 0 Å². The van der Waals surface area contributed by atoms with Crippen LogP contribution in [0.2, 0.25) is 5.02 Å². The first-order valence-corrected chi connectivity index (χ1v) is 12.5. The van der Waals surface area contributed by atoms with Crippen LogP contribution in [0.3, 0.4) is 0 Å². The maximum atomic E-state index is 11.2. The Morgan fingerprint density at radius 1 is 1.18 bits per heavy atom. The zero-order valence-electron chi connectivity index (χ0n) is 19.5. The smallest absolute Gasteiger partial charge is 0.223 e. The number of hydrogen-bond donors (Lipinski definition) is 3. The number of aromatic amines is 1. The van der Waals surface area contributed by atoms with Crippen molar-refractivity contribution in [1.82, 2.24) is 24.8 Å². The average molecular weight is 481 g/mol. The molecular weight excluding hydrogens is 448 g/mol. The van der Waals surface area contributed by atoms with Crippen LogP contribution in [0.5, 0.6) is 0 Å². The van der Waals surface area contributed by atoms with Gasteiger partial charge in [-0.3, -0.25) is 9.80 Å². The summed E-state index contributed by atoms with van der Waals surface area (Å²) in [7, 11) is 0. The number of rotatable bonds is 7. The number of aromatic nitrogens is 3. The van der Waals surface area contributed by atoms with Gasteiger partial charge in [0.1, 0.15) is 0 Å². The standard InChI is InChI=1S/C26H33ClN6O/c1-2-11-32-12-14-33(15-13-32)18-26(34)9-7-19(8-10-26)30-25-29-17-22(27)24(31-25)21-16-28-23-6-4-3-5-20(21)23/h2-6,16-17,19,28,34H,1,7-15,18H2,(H,29,30,31). The molecule has 0 unspecified atom stereocenters. The van der Waals surface area contributed by atoms with E-state index in [0.29, 0.717) is 11.0 Å². The van der Waals surface area contributed by atoms with Crippen LogP contribution >= 0.6 is 11.6 Å². The third-order valence-corrected chi connectivity index (χ3v) is 7.48. The second-order valence-corrected chi connectivity index (χ2v) is 10.1. The Bertz CT molecular complexity index is 1130. The van der Waals surface area contributed by atoms with Crippen molar-refractivity contribution < 1.29 is 5.11 Å². The van der Waals surface area contributed by atoms with E-state index in [1.807, 2.05) is 30.5 Å². The minimum Gasteiger partial charge on any atom is -0.389 e.